The number of carboxylic acids is 1. The molecule has 0 bridgehead atoms. The summed E-state index contributed by atoms with van der Waals surface area (Å²) in [6, 6.07) is 6.64. The Morgan fingerprint density at radius 3 is 2.53 bits per heavy atom. The van der Waals surface area contributed by atoms with Crippen molar-refractivity contribution in [2.24, 2.45) is 5.41 Å². The van der Waals surface area contributed by atoms with Crippen LogP contribution in [0.1, 0.15) is 32.8 Å². The summed E-state index contributed by atoms with van der Waals surface area (Å²) in [5.41, 5.74) is 1.51. The van der Waals surface area contributed by atoms with Gasteiger partial charge in [0.1, 0.15) is 6.04 Å². The number of fused-ring (bicyclic) bond motifs is 1. The van der Waals surface area contributed by atoms with Gasteiger partial charge in [-0.05, 0) is 17.0 Å². The first-order chi connectivity index (χ1) is 8.79. The minimum absolute atomic E-state index is 0.121. The highest BCUT2D eigenvalue weighted by atomic mass is 16.4. The molecule has 1 heterocycles. The molecule has 0 unspecified atom stereocenters. The van der Waals surface area contributed by atoms with E-state index in [0.717, 1.165) is 11.3 Å². The Labute approximate surface area is 113 Å². The molecule has 1 N–H and O–H groups in total. The van der Waals surface area contributed by atoms with Gasteiger partial charge in [0, 0.05) is 18.5 Å². The zero-order valence-electron chi connectivity index (χ0n) is 11.5. The summed E-state index contributed by atoms with van der Waals surface area (Å²) in [5, 5.41) is 9.31. The van der Waals surface area contributed by atoms with Gasteiger partial charge in [0.25, 0.3) is 0 Å². The van der Waals surface area contributed by atoms with Crippen molar-refractivity contribution >= 4 is 17.6 Å². The second-order valence-electron chi connectivity index (χ2n) is 6.19. The van der Waals surface area contributed by atoms with Gasteiger partial charge in [0.2, 0.25) is 5.91 Å². The molecule has 1 aliphatic heterocycles. The fourth-order valence-electron chi connectivity index (χ4n) is 2.43. The van der Waals surface area contributed by atoms with Crippen LogP contribution in [-0.2, 0) is 16.0 Å². The summed E-state index contributed by atoms with van der Waals surface area (Å²) >= 11 is 0. The molecule has 0 spiro atoms. The number of hydrogen-bond acceptors (Lipinski definition) is 2. The Hall–Kier alpha value is -1.84. The average molecular weight is 261 g/mol. The van der Waals surface area contributed by atoms with Crippen LogP contribution in [0.15, 0.2) is 24.3 Å². The van der Waals surface area contributed by atoms with Crippen LogP contribution in [0, 0.1) is 5.41 Å². The van der Waals surface area contributed by atoms with Crippen LogP contribution in [0.3, 0.4) is 0 Å². The summed E-state index contributed by atoms with van der Waals surface area (Å²) in [5.74, 6) is -1.07. The van der Waals surface area contributed by atoms with E-state index >= 15 is 0 Å². The maximum absolute atomic E-state index is 12.4. The summed E-state index contributed by atoms with van der Waals surface area (Å²) in [4.78, 5) is 25.2. The van der Waals surface area contributed by atoms with Crippen LogP contribution >= 0.6 is 0 Å². The van der Waals surface area contributed by atoms with Gasteiger partial charge >= 0.3 is 5.97 Å². The van der Waals surface area contributed by atoms with Crippen LogP contribution in [-0.4, -0.2) is 23.0 Å². The fourth-order valence-corrected chi connectivity index (χ4v) is 2.43. The van der Waals surface area contributed by atoms with Crippen molar-refractivity contribution in [2.45, 2.75) is 39.7 Å². The molecule has 0 aliphatic carbocycles. The summed E-state index contributed by atoms with van der Waals surface area (Å²) in [6.07, 6.45) is 0.729. The largest absolute Gasteiger partial charge is 0.480 e. The van der Waals surface area contributed by atoms with Crippen molar-refractivity contribution < 1.29 is 14.7 Å². The van der Waals surface area contributed by atoms with Crippen molar-refractivity contribution in [3.63, 3.8) is 0 Å². The van der Waals surface area contributed by atoms with Gasteiger partial charge in [0.05, 0.1) is 0 Å². The Morgan fingerprint density at radius 2 is 1.95 bits per heavy atom. The van der Waals surface area contributed by atoms with Gasteiger partial charge in [-0.1, -0.05) is 39.0 Å². The molecule has 0 saturated heterocycles. The predicted octanol–water partition coefficient (Wildman–Crippen LogP) is 2.47. The smallest absolute Gasteiger partial charge is 0.327 e. The van der Waals surface area contributed by atoms with Crippen LogP contribution in [0.4, 0.5) is 5.69 Å². The fraction of sp³-hybridized carbons (Fsp3) is 0.467. The number of rotatable bonds is 2. The third-order valence-electron chi connectivity index (χ3n) is 3.21. The minimum Gasteiger partial charge on any atom is -0.480 e. The number of nitrogens with zero attached hydrogens (tertiary/aromatic N) is 1. The lowest BCUT2D eigenvalue weighted by molar-refractivity contribution is -0.140. The summed E-state index contributed by atoms with van der Waals surface area (Å²) in [6.45, 7) is 5.92. The highest BCUT2D eigenvalue weighted by Gasteiger charge is 2.38. The zero-order valence-corrected chi connectivity index (χ0v) is 11.5. The maximum atomic E-state index is 12.4. The SMILES string of the molecule is CC(C)(C)CC(=O)N1c2ccccc2C[C@H]1C(=O)O. The van der Waals surface area contributed by atoms with Gasteiger partial charge in [-0.3, -0.25) is 9.69 Å². The number of carboxylic acid groups (broad SMARTS) is 1. The topological polar surface area (TPSA) is 57.6 Å². The molecular weight excluding hydrogens is 242 g/mol. The number of benzene rings is 1. The molecular formula is C15H19NO3. The average Bonchev–Trinajstić information content (AvgIpc) is 2.65. The molecule has 4 heteroatoms. The quantitative estimate of drug-likeness (QED) is 0.889. The maximum Gasteiger partial charge on any atom is 0.327 e. The van der Waals surface area contributed by atoms with Crippen molar-refractivity contribution in [3.8, 4) is 0 Å². The first-order valence-electron chi connectivity index (χ1n) is 6.42. The van der Waals surface area contributed by atoms with E-state index in [4.69, 9.17) is 0 Å². The van der Waals surface area contributed by atoms with Gasteiger partial charge in [0.15, 0.2) is 0 Å². The van der Waals surface area contributed by atoms with Crippen molar-refractivity contribution in [1.29, 1.82) is 0 Å². The van der Waals surface area contributed by atoms with E-state index < -0.39 is 12.0 Å². The summed E-state index contributed by atoms with van der Waals surface area (Å²) < 4.78 is 0. The molecule has 19 heavy (non-hydrogen) atoms. The van der Waals surface area contributed by atoms with Crippen molar-refractivity contribution in [1.82, 2.24) is 0 Å². The lowest BCUT2D eigenvalue weighted by atomic mass is 9.91. The first kappa shape index (κ1) is 13.6. The lowest BCUT2D eigenvalue weighted by Crippen LogP contribution is -2.44. The number of hydrogen-bond donors (Lipinski definition) is 1. The van der Waals surface area contributed by atoms with Gasteiger partial charge in [-0.2, -0.15) is 0 Å². The normalized spacial score (nSPS) is 18.3. The van der Waals surface area contributed by atoms with E-state index in [1.807, 2.05) is 45.0 Å². The number of para-hydroxylation sites is 1. The van der Waals surface area contributed by atoms with Gasteiger partial charge in [-0.25, -0.2) is 4.79 Å². The first-order valence-corrected chi connectivity index (χ1v) is 6.42. The van der Waals surface area contributed by atoms with Gasteiger partial charge in [-0.15, -0.1) is 0 Å². The van der Waals surface area contributed by atoms with E-state index in [2.05, 4.69) is 0 Å². The molecule has 4 nitrogen and oxygen atoms in total. The van der Waals surface area contributed by atoms with E-state index in [1.165, 1.54) is 4.90 Å². The van der Waals surface area contributed by atoms with Crippen molar-refractivity contribution in [3.05, 3.63) is 29.8 Å². The Balaban J connectivity index is 2.34. The number of carbonyl (C=O) groups excluding carboxylic acids is 1. The molecule has 1 atom stereocenters. The molecule has 0 aromatic heterocycles. The van der Waals surface area contributed by atoms with Crippen LogP contribution in [0.2, 0.25) is 0 Å². The number of anilines is 1. The van der Waals surface area contributed by atoms with Crippen LogP contribution in [0.25, 0.3) is 0 Å². The predicted molar refractivity (Wildman–Crippen MR) is 73.1 cm³/mol. The van der Waals surface area contributed by atoms with Crippen LogP contribution < -0.4 is 4.90 Å². The molecule has 0 saturated carbocycles. The second kappa shape index (κ2) is 4.68. The Kier molecular flexibility index (Phi) is 3.35. The third kappa shape index (κ3) is 2.78. The minimum atomic E-state index is -0.946. The van der Waals surface area contributed by atoms with Crippen LogP contribution in [0.5, 0.6) is 0 Å². The molecule has 1 aromatic carbocycles. The Bertz CT molecular complexity index is 516. The molecule has 102 valence electrons. The third-order valence-corrected chi connectivity index (χ3v) is 3.21. The van der Waals surface area contributed by atoms with E-state index in [9.17, 15) is 14.7 Å². The molecule has 1 aromatic rings. The molecule has 1 aliphatic rings. The highest BCUT2D eigenvalue weighted by Crippen LogP contribution is 2.34. The number of aliphatic carboxylic acids is 1. The lowest BCUT2D eigenvalue weighted by Gasteiger charge is -2.26. The molecule has 1 amide bonds. The standard InChI is InChI=1S/C15H19NO3/c1-15(2,3)9-13(17)16-11-7-5-4-6-10(11)8-12(16)14(18)19/h4-7,12H,8-9H2,1-3H3,(H,18,19)/t12-/m0/s1. The number of carbonyl (C=O) groups is 2. The number of amides is 1. The monoisotopic (exact) mass is 261 g/mol. The summed E-state index contributed by atoms with van der Waals surface area (Å²) in [7, 11) is 0. The molecule has 2 rings (SSSR count). The van der Waals surface area contributed by atoms with Gasteiger partial charge < -0.3 is 5.11 Å². The molecule has 0 radical (unpaired) electrons. The Morgan fingerprint density at radius 1 is 1.32 bits per heavy atom. The van der Waals surface area contributed by atoms with E-state index in [0.29, 0.717) is 12.8 Å². The molecule has 0 fully saturated rings. The van der Waals surface area contributed by atoms with E-state index in [-0.39, 0.29) is 11.3 Å². The van der Waals surface area contributed by atoms with E-state index in [1.54, 1.807) is 0 Å². The zero-order chi connectivity index (χ0) is 14.2. The second-order valence-corrected chi connectivity index (χ2v) is 6.19. The van der Waals surface area contributed by atoms with Crippen molar-refractivity contribution in [2.75, 3.05) is 4.90 Å². The highest BCUT2D eigenvalue weighted by molar-refractivity contribution is 6.02.